The van der Waals surface area contributed by atoms with Crippen molar-refractivity contribution in [3.63, 3.8) is 0 Å². The lowest BCUT2D eigenvalue weighted by molar-refractivity contribution is -0.137. The molecule has 0 radical (unpaired) electrons. The number of hydrogen-bond donors (Lipinski definition) is 2. The van der Waals surface area contributed by atoms with E-state index < -0.39 is 11.7 Å². The van der Waals surface area contributed by atoms with Crippen molar-refractivity contribution in [3.05, 3.63) is 75.8 Å². The molecule has 10 heteroatoms. The second-order valence-corrected chi connectivity index (χ2v) is 7.80. The molecule has 5 nitrogen and oxygen atoms in total. The Morgan fingerprint density at radius 2 is 1.61 bits per heavy atom. The number of thiazole rings is 1. The van der Waals surface area contributed by atoms with E-state index in [2.05, 4.69) is 15.6 Å². The number of nitrogens with zero attached hydrogens (tertiary/aromatic N) is 1. The van der Waals surface area contributed by atoms with Crippen molar-refractivity contribution < 1.29 is 22.8 Å². The van der Waals surface area contributed by atoms with Gasteiger partial charge >= 0.3 is 6.18 Å². The van der Waals surface area contributed by atoms with Gasteiger partial charge in [0.25, 0.3) is 5.91 Å². The first-order valence-electron chi connectivity index (χ1n) is 9.15. The van der Waals surface area contributed by atoms with Crippen LogP contribution >= 0.6 is 22.9 Å². The molecule has 3 rings (SSSR count). The summed E-state index contributed by atoms with van der Waals surface area (Å²) in [4.78, 5) is 28.3. The lowest BCUT2D eigenvalue weighted by atomic mass is 10.1. The van der Waals surface area contributed by atoms with Crippen molar-refractivity contribution >= 4 is 34.8 Å². The number of carbonyl (C=O) groups excluding carboxylic acids is 2. The van der Waals surface area contributed by atoms with Gasteiger partial charge in [0.15, 0.2) is 0 Å². The normalized spacial score (nSPS) is 11.2. The van der Waals surface area contributed by atoms with E-state index in [1.54, 1.807) is 29.6 Å². The van der Waals surface area contributed by atoms with Crippen LogP contribution in [0.5, 0.6) is 0 Å². The number of amides is 2. The second-order valence-electron chi connectivity index (χ2n) is 6.51. The molecule has 0 saturated heterocycles. The maximum Gasteiger partial charge on any atom is 0.416 e. The monoisotopic (exact) mass is 467 g/mol. The Balaban J connectivity index is 1.44. The summed E-state index contributed by atoms with van der Waals surface area (Å²) in [6.45, 7) is 0.495. The molecule has 2 N–H and O–H groups in total. The van der Waals surface area contributed by atoms with E-state index in [1.165, 1.54) is 23.5 Å². The zero-order valence-corrected chi connectivity index (χ0v) is 17.6. The van der Waals surface area contributed by atoms with Crippen molar-refractivity contribution in [2.75, 3.05) is 13.1 Å². The van der Waals surface area contributed by atoms with Gasteiger partial charge in [0.05, 0.1) is 17.7 Å². The Bertz CT molecular complexity index is 1050. The summed E-state index contributed by atoms with van der Waals surface area (Å²) < 4.78 is 38.0. The van der Waals surface area contributed by atoms with E-state index >= 15 is 0 Å². The third-order valence-electron chi connectivity index (χ3n) is 4.19. The summed E-state index contributed by atoms with van der Waals surface area (Å²) in [7, 11) is 0. The first kappa shape index (κ1) is 22.8. The minimum Gasteiger partial charge on any atom is -0.354 e. The van der Waals surface area contributed by atoms with Gasteiger partial charge in [-0.2, -0.15) is 13.2 Å². The van der Waals surface area contributed by atoms with Gasteiger partial charge < -0.3 is 10.6 Å². The molecular weight excluding hydrogens is 451 g/mol. The predicted molar refractivity (Wildman–Crippen MR) is 113 cm³/mol. The quantitative estimate of drug-likeness (QED) is 0.500. The molecule has 0 fully saturated rings. The summed E-state index contributed by atoms with van der Waals surface area (Å²) in [5.41, 5.74) is 0.807. The fourth-order valence-electron chi connectivity index (χ4n) is 2.63. The van der Waals surface area contributed by atoms with Gasteiger partial charge in [-0.15, -0.1) is 11.3 Å². The molecule has 0 unspecified atom stereocenters. The fourth-order valence-corrected chi connectivity index (χ4v) is 3.58. The highest BCUT2D eigenvalue weighted by Gasteiger charge is 2.30. The van der Waals surface area contributed by atoms with Crippen LogP contribution in [0.2, 0.25) is 5.02 Å². The van der Waals surface area contributed by atoms with Crippen LogP contribution < -0.4 is 10.6 Å². The molecule has 0 aliphatic heterocycles. The van der Waals surface area contributed by atoms with Crippen molar-refractivity contribution in [3.8, 4) is 10.6 Å². The Morgan fingerprint density at radius 1 is 0.968 bits per heavy atom. The fraction of sp³-hybridized carbons (Fsp3) is 0.190. The number of aromatic nitrogens is 1. The number of halogens is 4. The first-order valence-corrected chi connectivity index (χ1v) is 10.4. The molecule has 162 valence electrons. The molecule has 1 aromatic heterocycles. The summed E-state index contributed by atoms with van der Waals surface area (Å²) >= 11 is 7.03. The number of alkyl halides is 3. The van der Waals surface area contributed by atoms with Crippen molar-refractivity contribution in [1.82, 2.24) is 15.6 Å². The largest absolute Gasteiger partial charge is 0.416 e. The number of rotatable bonds is 7. The molecule has 1 heterocycles. The third kappa shape index (κ3) is 6.53. The SMILES string of the molecule is O=C(Cc1csc(-c2ccc(C(F)(F)F)cc2)n1)NCCNC(=O)c1ccc(Cl)cc1. The summed E-state index contributed by atoms with van der Waals surface area (Å²) in [5, 5.41) is 8.13. The topological polar surface area (TPSA) is 71.1 Å². The average molecular weight is 468 g/mol. The van der Waals surface area contributed by atoms with Gasteiger partial charge in [0.1, 0.15) is 5.01 Å². The lowest BCUT2D eigenvalue weighted by Crippen LogP contribution is -2.35. The zero-order chi connectivity index (χ0) is 22.4. The predicted octanol–water partition coefficient (Wildman–Crippen LogP) is 4.57. The lowest BCUT2D eigenvalue weighted by Gasteiger charge is -2.07. The molecule has 2 amide bonds. The van der Waals surface area contributed by atoms with Crippen LogP contribution in [0.15, 0.2) is 53.9 Å². The van der Waals surface area contributed by atoms with Gasteiger partial charge in [0, 0.05) is 34.6 Å². The number of benzene rings is 2. The molecular formula is C21H17ClF3N3O2S. The van der Waals surface area contributed by atoms with E-state index in [4.69, 9.17) is 11.6 Å². The van der Waals surface area contributed by atoms with E-state index in [-0.39, 0.29) is 31.3 Å². The highest BCUT2D eigenvalue weighted by atomic mass is 35.5. The number of nitrogens with one attached hydrogen (secondary N) is 2. The summed E-state index contributed by atoms with van der Waals surface area (Å²) in [6.07, 6.45) is -4.36. The second kappa shape index (κ2) is 9.93. The maximum absolute atomic E-state index is 12.7. The highest BCUT2D eigenvalue weighted by Crippen LogP contribution is 2.31. The van der Waals surface area contributed by atoms with E-state index in [0.717, 1.165) is 12.1 Å². The molecule has 2 aromatic carbocycles. The molecule has 0 saturated carbocycles. The molecule has 0 spiro atoms. The molecule has 0 atom stereocenters. The molecule has 0 aliphatic rings. The van der Waals surface area contributed by atoms with Crippen LogP contribution in [0.25, 0.3) is 10.6 Å². The minimum absolute atomic E-state index is 0.0300. The molecule has 0 aliphatic carbocycles. The Kier molecular flexibility index (Phi) is 7.29. The van der Waals surface area contributed by atoms with E-state index in [0.29, 0.717) is 26.9 Å². The minimum atomic E-state index is -4.39. The van der Waals surface area contributed by atoms with Crippen LogP contribution in [-0.4, -0.2) is 29.9 Å². The number of hydrogen-bond acceptors (Lipinski definition) is 4. The summed E-state index contributed by atoms with van der Waals surface area (Å²) in [6, 6.07) is 11.2. The molecule has 0 bridgehead atoms. The number of carbonyl (C=O) groups is 2. The van der Waals surface area contributed by atoms with Gasteiger partial charge in [-0.3, -0.25) is 9.59 Å². The van der Waals surface area contributed by atoms with E-state index in [1.807, 2.05) is 0 Å². The Labute approximate surface area is 185 Å². The van der Waals surface area contributed by atoms with Crippen LogP contribution in [0.1, 0.15) is 21.6 Å². The molecule has 31 heavy (non-hydrogen) atoms. The van der Waals surface area contributed by atoms with Crippen LogP contribution in [0.3, 0.4) is 0 Å². The van der Waals surface area contributed by atoms with Crippen LogP contribution in [0, 0.1) is 0 Å². The summed E-state index contributed by atoms with van der Waals surface area (Å²) in [5.74, 6) is -0.545. The maximum atomic E-state index is 12.7. The highest BCUT2D eigenvalue weighted by molar-refractivity contribution is 7.13. The van der Waals surface area contributed by atoms with Gasteiger partial charge in [-0.1, -0.05) is 23.7 Å². The zero-order valence-electron chi connectivity index (χ0n) is 16.0. The van der Waals surface area contributed by atoms with Gasteiger partial charge in [0.2, 0.25) is 5.91 Å². The van der Waals surface area contributed by atoms with Crippen molar-refractivity contribution in [1.29, 1.82) is 0 Å². The van der Waals surface area contributed by atoms with E-state index in [9.17, 15) is 22.8 Å². The van der Waals surface area contributed by atoms with Gasteiger partial charge in [-0.05, 0) is 36.4 Å². The smallest absolute Gasteiger partial charge is 0.354 e. The molecule has 3 aromatic rings. The van der Waals surface area contributed by atoms with Gasteiger partial charge in [-0.25, -0.2) is 4.98 Å². The Hall–Kier alpha value is -2.91. The third-order valence-corrected chi connectivity index (χ3v) is 5.38. The standard InChI is InChI=1S/C21H17ClF3N3O2S/c22-16-7-3-13(4-8-16)19(30)27-10-9-26-18(29)11-17-12-31-20(28-17)14-1-5-15(6-2-14)21(23,24)25/h1-8,12H,9-11H2,(H,26,29)(H,27,30). The Morgan fingerprint density at radius 3 is 2.26 bits per heavy atom. The average Bonchev–Trinajstić information content (AvgIpc) is 3.19. The van der Waals surface area contributed by atoms with Crippen molar-refractivity contribution in [2.24, 2.45) is 0 Å². The van der Waals surface area contributed by atoms with Crippen molar-refractivity contribution in [2.45, 2.75) is 12.6 Å². The van der Waals surface area contributed by atoms with Crippen LogP contribution in [0.4, 0.5) is 13.2 Å². The first-order chi connectivity index (χ1) is 14.7. The van der Waals surface area contributed by atoms with Crippen LogP contribution in [-0.2, 0) is 17.4 Å².